The van der Waals surface area contributed by atoms with Gasteiger partial charge in [0.1, 0.15) is 0 Å². The zero-order chi connectivity index (χ0) is 18.6. The molecule has 2 aliphatic rings. The largest absolute Gasteiger partial charge is 0.340 e. The average Bonchev–Trinajstić information content (AvgIpc) is 3.11. The Kier molecular flexibility index (Phi) is 5.21. The maximum absolute atomic E-state index is 12.9. The molecular formula is C22H25N3O2. The molecular weight excluding hydrogens is 338 g/mol. The molecule has 0 aliphatic carbocycles. The van der Waals surface area contributed by atoms with Gasteiger partial charge in [-0.25, -0.2) is 0 Å². The second-order valence-electron chi connectivity index (χ2n) is 7.33. The van der Waals surface area contributed by atoms with Crippen molar-refractivity contribution < 1.29 is 9.59 Å². The van der Waals surface area contributed by atoms with E-state index in [0.717, 1.165) is 38.4 Å². The van der Waals surface area contributed by atoms with Crippen molar-refractivity contribution in [1.82, 2.24) is 9.80 Å². The molecule has 0 aromatic heterocycles. The molecule has 2 aromatic carbocycles. The minimum absolute atomic E-state index is 0.0438. The van der Waals surface area contributed by atoms with Crippen molar-refractivity contribution in [2.45, 2.75) is 13.0 Å². The number of para-hydroxylation sites is 1. The summed E-state index contributed by atoms with van der Waals surface area (Å²) in [6, 6.07) is 20.0. The van der Waals surface area contributed by atoms with E-state index in [1.54, 1.807) is 4.90 Å². The number of nitrogens with zero attached hydrogens (tertiary/aromatic N) is 3. The lowest BCUT2D eigenvalue weighted by molar-refractivity contribution is -0.137. The predicted molar refractivity (Wildman–Crippen MR) is 105 cm³/mol. The van der Waals surface area contributed by atoms with E-state index in [1.165, 1.54) is 5.56 Å². The van der Waals surface area contributed by atoms with Crippen LogP contribution in [-0.2, 0) is 16.1 Å². The second kappa shape index (κ2) is 7.92. The van der Waals surface area contributed by atoms with E-state index in [4.69, 9.17) is 0 Å². The molecule has 2 aliphatic heterocycles. The highest BCUT2D eigenvalue weighted by atomic mass is 16.2. The number of hydrogen-bond donors (Lipinski definition) is 0. The third-order valence-electron chi connectivity index (χ3n) is 5.48. The quantitative estimate of drug-likeness (QED) is 0.838. The van der Waals surface area contributed by atoms with E-state index < -0.39 is 0 Å². The molecule has 1 atom stereocenters. The summed E-state index contributed by atoms with van der Waals surface area (Å²) in [7, 11) is 0. The van der Waals surface area contributed by atoms with Gasteiger partial charge >= 0.3 is 0 Å². The van der Waals surface area contributed by atoms with Gasteiger partial charge in [0.05, 0.1) is 5.92 Å². The Morgan fingerprint density at radius 3 is 2.19 bits per heavy atom. The van der Waals surface area contributed by atoms with E-state index in [0.29, 0.717) is 13.0 Å². The molecule has 0 radical (unpaired) electrons. The Hall–Kier alpha value is -2.66. The molecule has 2 aromatic rings. The molecule has 27 heavy (non-hydrogen) atoms. The maximum Gasteiger partial charge on any atom is 0.228 e. The molecule has 0 spiro atoms. The van der Waals surface area contributed by atoms with Gasteiger partial charge in [0, 0.05) is 51.4 Å². The van der Waals surface area contributed by atoms with E-state index in [1.807, 2.05) is 41.3 Å². The van der Waals surface area contributed by atoms with Crippen LogP contribution in [0.3, 0.4) is 0 Å². The van der Waals surface area contributed by atoms with Crippen molar-refractivity contribution in [3.8, 4) is 0 Å². The van der Waals surface area contributed by atoms with Gasteiger partial charge in [0.15, 0.2) is 0 Å². The van der Waals surface area contributed by atoms with Gasteiger partial charge in [0.2, 0.25) is 11.8 Å². The fourth-order valence-electron chi connectivity index (χ4n) is 3.96. The van der Waals surface area contributed by atoms with Crippen LogP contribution in [0.25, 0.3) is 0 Å². The zero-order valence-corrected chi connectivity index (χ0v) is 15.5. The number of amides is 2. The number of piperazine rings is 1. The van der Waals surface area contributed by atoms with Crippen molar-refractivity contribution in [3.63, 3.8) is 0 Å². The number of carbonyl (C=O) groups is 2. The number of benzene rings is 2. The SMILES string of the molecule is O=C(C1CC(=O)N(c2ccccc2)C1)N1CCN(Cc2ccccc2)CC1. The summed E-state index contributed by atoms with van der Waals surface area (Å²) < 4.78 is 0. The highest BCUT2D eigenvalue weighted by Crippen LogP contribution is 2.26. The predicted octanol–water partition coefficient (Wildman–Crippen LogP) is 2.38. The average molecular weight is 363 g/mol. The standard InChI is InChI=1S/C22H25N3O2/c26-21-15-19(17-25(21)20-9-5-2-6-10-20)22(27)24-13-11-23(12-14-24)16-18-7-3-1-4-8-18/h1-10,19H,11-17H2. The number of rotatable bonds is 4. The lowest BCUT2D eigenvalue weighted by Crippen LogP contribution is -2.50. The Morgan fingerprint density at radius 1 is 0.889 bits per heavy atom. The smallest absolute Gasteiger partial charge is 0.228 e. The van der Waals surface area contributed by atoms with Crippen LogP contribution >= 0.6 is 0 Å². The summed E-state index contributed by atoms with van der Waals surface area (Å²) in [5, 5.41) is 0. The molecule has 4 rings (SSSR count). The molecule has 2 amide bonds. The molecule has 5 heteroatoms. The van der Waals surface area contributed by atoms with Gasteiger partial charge in [-0.1, -0.05) is 48.5 Å². The fraction of sp³-hybridized carbons (Fsp3) is 0.364. The van der Waals surface area contributed by atoms with E-state index >= 15 is 0 Å². The van der Waals surface area contributed by atoms with E-state index in [-0.39, 0.29) is 17.7 Å². The summed E-state index contributed by atoms with van der Waals surface area (Å²) in [6.45, 7) is 4.65. The summed E-state index contributed by atoms with van der Waals surface area (Å²) in [5.41, 5.74) is 2.18. The van der Waals surface area contributed by atoms with Crippen LogP contribution in [0.15, 0.2) is 60.7 Å². The number of hydrogen-bond acceptors (Lipinski definition) is 3. The van der Waals surface area contributed by atoms with Crippen molar-refractivity contribution in [2.75, 3.05) is 37.6 Å². The van der Waals surface area contributed by atoms with Crippen LogP contribution in [0.4, 0.5) is 5.69 Å². The topological polar surface area (TPSA) is 43.9 Å². The van der Waals surface area contributed by atoms with Crippen molar-refractivity contribution in [1.29, 1.82) is 0 Å². The lowest BCUT2D eigenvalue weighted by atomic mass is 10.1. The molecule has 2 fully saturated rings. The van der Waals surface area contributed by atoms with Crippen LogP contribution in [0, 0.1) is 5.92 Å². The van der Waals surface area contributed by atoms with Crippen LogP contribution < -0.4 is 4.90 Å². The fourth-order valence-corrected chi connectivity index (χ4v) is 3.96. The van der Waals surface area contributed by atoms with Gasteiger partial charge in [-0.2, -0.15) is 0 Å². The first-order valence-electron chi connectivity index (χ1n) is 9.61. The number of carbonyl (C=O) groups excluding carboxylic acids is 2. The van der Waals surface area contributed by atoms with Crippen LogP contribution in [0.5, 0.6) is 0 Å². The molecule has 1 unspecified atom stereocenters. The molecule has 0 bridgehead atoms. The molecule has 140 valence electrons. The van der Waals surface area contributed by atoms with Gasteiger partial charge in [-0.3, -0.25) is 14.5 Å². The minimum Gasteiger partial charge on any atom is -0.340 e. The first-order valence-corrected chi connectivity index (χ1v) is 9.61. The third kappa shape index (κ3) is 4.03. The summed E-state index contributed by atoms with van der Waals surface area (Å²) in [5.74, 6) is -0.0539. The summed E-state index contributed by atoms with van der Waals surface area (Å²) >= 11 is 0. The van der Waals surface area contributed by atoms with Crippen molar-refractivity contribution in [3.05, 3.63) is 66.2 Å². The number of anilines is 1. The molecule has 5 nitrogen and oxygen atoms in total. The second-order valence-corrected chi connectivity index (χ2v) is 7.33. The zero-order valence-electron chi connectivity index (χ0n) is 15.5. The Morgan fingerprint density at radius 2 is 1.52 bits per heavy atom. The Labute approximate surface area is 160 Å². The summed E-state index contributed by atoms with van der Waals surface area (Å²) in [4.78, 5) is 31.4. The normalized spacial score (nSPS) is 20.9. The molecule has 0 N–H and O–H groups in total. The van der Waals surface area contributed by atoms with Gasteiger partial charge in [0.25, 0.3) is 0 Å². The molecule has 0 saturated carbocycles. The van der Waals surface area contributed by atoms with Gasteiger partial charge in [-0.15, -0.1) is 0 Å². The molecule has 2 heterocycles. The van der Waals surface area contributed by atoms with Crippen LogP contribution in [0.2, 0.25) is 0 Å². The van der Waals surface area contributed by atoms with Crippen molar-refractivity contribution >= 4 is 17.5 Å². The first kappa shape index (κ1) is 17.7. The Bertz CT molecular complexity index is 786. The van der Waals surface area contributed by atoms with E-state index in [2.05, 4.69) is 29.2 Å². The van der Waals surface area contributed by atoms with E-state index in [9.17, 15) is 9.59 Å². The monoisotopic (exact) mass is 363 g/mol. The first-order chi connectivity index (χ1) is 13.2. The van der Waals surface area contributed by atoms with Gasteiger partial charge < -0.3 is 9.80 Å². The minimum atomic E-state index is -0.224. The molecule has 2 saturated heterocycles. The summed E-state index contributed by atoms with van der Waals surface area (Å²) in [6.07, 6.45) is 0.317. The van der Waals surface area contributed by atoms with Crippen molar-refractivity contribution in [2.24, 2.45) is 5.92 Å². The van der Waals surface area contributed by atoms with Crippen LogP contribution in [0.1, 0.15) is 12.0 Å². The van der Waals surface area contributed by atoms with Crippen LogP contribution in [-0.4, -0.2) is 54.3 Å². The highest BCUT2D eigenvalue weighted by molar-refractivity contribution is 6.00. The highest BCUT2D eigenvalue weighted by Gasteiger charge is 2.37. The lowest BCUT2D eigenvalue weighted by Gasteiger charge is -2.35. The maximum atomic E-state index is 12.9. The third-order valence-corrected chi connectivity index (χ3v) is 5.48. The van der Waals surface area contributed by atoms with Gasteiger partial charge in [-0.05, 0) is 17.7 Å². The Balaban J connectivity index is 1.31.